The fraction of sp³-hybridized carbons (Fsp3) is 0.267. The molecule has 6 heteroatoms. The number of rotatable bonds is 4. The predicted octanol–water partition coefficient (Wildman–Crippen LogP) is 2.12. The highest BCUT2D eigenvalue weighted by molar-refractivity contribution is 5.93. The van der Waals surface area contributed by atoms with Crippen LogP contribution in [0.5, 0.6) is 0 Å². The predicted molar refractivity (Wildman–Crippen MR) is 77.0 cm³/mol. The molecule has 1 N–H and O–H groups in total. The maximum atomic E-state index is 12.1. The Labute approximate surface area is 121 Å². The zero-order valence-electron chi connectivity index (χ0n) is 12.0. The monoisotopic (exact) mass is 284 g/mol. The largest absolute Gasteiger partial charge is 0.448 e. The van der Waals surface area contributed by atoms with Crippen molar-refractivity contribution in [2.24, 2.45) is 0 Å². The summed E-state index contributed by atoms with van der Waals surface area (Å²) in [4.78, 5) is 20.5. The van der Waals surface area contributed by atoms with Crippen molar-refractivity contribution in [3.63, 3.8) is 0 Å². The molecule has 0 fully saturated rings. The summed E-state index contributed by atoms with van der Waals surface area (Å²) in [5, 5.41) is 2.82. The topological polar surface area (TPSA) is 72.4 Å². The highest BCUT2D eigenvalue weighted by Crippen LogP contribution is 2.10. The lowest BCUT2D eigenvalue weighted by molar-refractivity contribution is 0.0944. The van der Waals surface area contributed by atoms with Gasteiger partial charge in [-0.3, -0.25) is 4.79 Å². The third-order valence-electron chi connectivity index (χ3n) is 3.35. The van der Waals surface area contributed by atoms with Crippen molar-refractivity contribution in [2.45, 2.75) is 26.8 Å². The summed E-state index contributed by atoms with van der Waals surface area (Å²) in [6, 6.07) is 5.91. The zero-order valence-corrected chi connectivity index (χ0v) is 12.0. The molecular formula is C15H16N4O2. The molecule has 0 aliphatic carbocycles. The molecule has 3 aromatic rings. The Bertz CT molecular complexity index is 788. The number of oxazole rings is 1. The second kappa shape index (κ2) is 5.40. The average molecular weight is 284 g/mol. The van der Waals surface area contributed by atoms with E-state index in [-0.39, 0.29) is 5.91 Å². The molecular weight excluding hydrogens is 268 g/mol. The van der Waals surface area contributed by atoms with Gasteiger partial charge in [-0.2, -0.15) is 0 Å². The van der Waals surface area contributed by atoms with Crippen LogP contribution in [0, 0.1) is 6.92 Å². The smallest absolute Gasteiger partial charge is 0.273 e. The van der Waals surface area contributed by atoms with Gasteiger partial charge >= 0.3 is 0 Å². The molecule has 3 heterocycles. The summed E-state index contributed by atoms with van der Waals surface area (Å²) >= 11 is 0. The van der Waals surface area contributed by atoms with Gasteiger partial charge in [-0.25, -0.2) is 9.97 Å². The van der Waals surface area contributed by atoms with Crippen molar-refractivity contribution in [1.82, 2.24) is 19.7 Å². The van der Waals surface area contributed by atoms with Gasteiger partial charge in [-0.05, 0) is 19.1 Å². The minimum Gasteiger partial charge on any atom is -0.448 e. The van der Waals surface area contributed by atoms with Gasteiger partial charge in [0.25, 0.3) is 5.91 Å². The van der Waals surface area contributed by atoms with Crippen LogP contribution in [0.3, 0.4) is 0 Å². The molecule has 0 atom stereocenters. The van der Waals surface area contributed by atoms with Gasteiger partial charge in [0.1, 0.15) is 11.4 Å². The first kappa shape index (κ1) is 13.4. The van der Waals surface area contributed by atoms with Crippen molar-refractivity contribution in [3.05, 3.63) is 53.6 Å². The Balaban J connectivity index is 1.74. The Morgan fingerprint density at radius 1 is 1.43 bits per heavy atom. The number of fused-ring (bicyclic) bond motifs is 1. The zero-order chi connectivity index (χ0) is 14.8. The highest BCUT2D eigenvalue weighted by Gasteiger charge is 2.15. The van der Waals surface area contributed by atoms with Crippen LogP contribution in [0.15, 0.2) is 35.2 Å². The number of aromatic nitrogens is 3. The number of nitrogens with zero attached hydrogens (tertiary/aromatic N) is 3. The summed E-state index contributed by atoms with van der Waals surface area (Å²) < 4.78 is 7.15. The van der Waals surface area contributed by atoms with Crippen LogP contribution in [-0.4, -0.2) is 20.3 Å². The number of aryl methyl sites for hydroxylation is 2. The Morgan fingerprint density at radius 3 is 3.05 bits per heavy atom. The Kier molecular flexibility index (Phi) is 3.43. The fourth-order valence-electron chi connectivity index (χ4n) is 2.25. The van der Waals surface area contributed by atoms with Crippen molar-refractivity contribution >= 4 is 11.6 Å². The molecule has 0 aromatic carbocycles. The number of amides is 1. The van der Waals surface area contributed by atoms with Crippen molar-refractivity contribution < 1.29 is 9.21 Å². The van der Waals surface area contributed by atoms with E-state index in [2.05, 4.69) is 15.3 Å². The van der Waals surface area contributed by atoms with Gasteiger partial charge in [0.2, 0.25) is 0 Å². The molecule has 6 nitrogen and oxygen atoms in total. The molecule has 0 bridgehead atoms. The summed E-state index contributed by atoms with van der Waals surface area (Å²) in [6.45, 7) is 4.29. The van der Waals surface area contributed by atoms with Gasteiger partial charge in [0, 0.05) is 18.3 Å². The molecule has 0 spiro atoms. The molecule has 3 aromatic heterocycles. The van der Waals surface area contributed by atoms with Crippen LogP contribution in [-0.2, 0) is 13.0 Å². The third kappa shape index (κ3) is 2.52. The second-order valence-corrected chi connectivity index (χ2v) is 4.79. The summed E-state index contributed by atoms with van der Waals surface area (Å²) in [6.07, 6.45) is 3.85. The van der Waals surface area contributed by atoms with E-state index in [1.165, 1.54) is 6.39 Å². The molecule has 0 unspecified atom stereocenters. The van der Waals surface area contributed by atoms with Gasteiger partial charge in [-0.1, -0.05) is 13.0 Å². The number of carbonyl (C=O) groups excluding carboxylic acids is 1. The maximum Gasteiger partial charge on any atom is 0.273 e. The van der Waals surface area contributed by atoms with Crippen molar-refractivity contribution in [2.75, 3.05) is 0 Å². The van der Waals surface area contributed by atoms with E-state index in [9.17, 15) is 4.79 Å². The van der Waals surface area contributed by atoms with E-state index in [1.807, 2.05) is 42.6 Å². The highest BCUT2D eigenvalue weighted by atomic mass is 16.3. The number of carbonyl (C=O) groups is 1. The van der Waals surface area contributed by atoms with Crippen LogP contribution >= 0.6 is 0 Å². The number of nitrogens with one attached hydrogen (secondary N) is 1. The van der Waals surface area contributed by atoms with E-state index < -0.39 is 0 Å². The SMILES string of the molecule is CCc1ocnc1C(=O)NCc1cn2c(C)cccc2n1. The van der Waals surface area contributed by atoms with E-state index in [4.69, 9.17) is 4.42 Å². The molecule has 21 heavy (non-hydrogen) atoms. The quantitative estimate of drug-likeness (QED) is 0.796. The summed E-state index contributed by atoms with van der Waals surface area (Å²) in [5.74, 6) is 0.354. The first-order valence-electron chi connectivity index (χ1n) is 6.83. The average Bonchev–Trinajstić information content (AvgIpc) is 3.11. The van der Waals surface area contributed by atoms with E-state index in [0.29, 0.717) is 24.4 Å². The Morgan fingerprint density at radius 2 is 2.29 bits per heavy atom. The van der Waals surface area contributed by atoms with Crippen molar-refractivity contribution in [1.29, 1.82) is 0 Å². The van der Waals surface area contributed by atoms with Gasteiger partial charge < -0.3 is 14.1 Å². The van der Waals surface area contributed by atoms with E-state index in [1.54, 1.807) is 0 Å². The second-order valence-electron chi connectivity index (χ2n) is 4.79. The molecule has 0 saturated heterocycles. The lowest BCUT2D eigenvalue weighted by Gasteiger charge is -2.01. The maximum absolute atomic E-state index is 12.1. The van der Waals surface area contributed by atoms with Gasteiger partial charge in [-0.15, -0.1) is 0 Å². The minimum atomic E-state index is -0.241. The number of hydrogen-bond donors (Lipinski definition) is 1. The van der Waals surface area contributed by atoms with Crippen LogP contribution in [0.4, 0.5) is 0 Å². The first-order chi connectivity index (χ1) is 10.2. The number of hydrogen-bond acceptors (Lipinski definition) is 4. The molecule has 0 aliphatic rings. The molecule has 1 amide bonds. The van der Waals surface area contributed by atoms with E-state index in [0.717, 1.165) is 17.0 Å². The van der Waals surface area contributed by atoms with Gasteiger partial charge in [0.05, 0.1) is 12.2 Å². The molecule has 3 rings (SSSR count). The first-order valence-corrected chi connectivity index (χ1v) is 6.83. The number of imidazole rings is 1. The van der Waals surface area contributed by atoms with Gasteiger partial charge in [0.15, 0.2) is 12.1 Å². The standard InChI is InChI=1S/C15H16N4O2/c1-3-12-14(17-9-21-12)15(20)16-7-11-8-19-10(2)5-4-6-13(19)18-11/h4-6,8-9H,3,7H2,1-2H3,(H,16,20). The fourth-order valence-corrected chi connectivity index (χ4v) is 2.25. The third-order valence-corrected chi connectivity index (χ3v) is 3.35. The van der Waals surface area contributed by atoms with Crippen LogP contribution < -0.4 is 5.32 Å². The molecule has 0 aliphatic heterocycles. The molecule has 0 radical (unpaired) electrons. The van der Waals surface area contributed by atoms with Crippen LogP contribution in [0.2, 0.25) is 0 Å². The lowest BCUT2D eigenvalue weighted by Crippen LogP contribution is -2.24. The van der Waals surface area contributed by atoms with Crippen LogP contribution in [0.1, 0.15) is 34.6 Å². The lowest BCUT2D eigenvalue weighted by atomic mass is 10.2. The van der Waals surface area contributed by atoms with E-state index >= 15 is 0 Å². The molecule has 0 saturated carbocycles. The van der Waals surface area contributed by atoms with Crippen LogP contribution in [0.25, 0.3) is 5.65 Å². The summed E-state index contributed by atoms with van der Waals surface area (Å²) in [7, 11) is 0. The number of pyridine rings is 1. The van der Waals surface area contributed by atoms with Crippen molar-refractivity contribution in [3.8, 4) is 0 Å². The molecule has 108 valence electrons. The summed E-state index contributed by atoms with van der Waals surface area (Å²) in [5.41, 5.74) is 3.12. The Hall–Kier alpha value is -2.63. The normalized spacial score (nSPS) is 11.0. The minimum absolute atomic E-state index is 0.241.